The van der Waals surface area contributed by atoms with Gasteiger partial charge < -0.3 is 0 Å². The zero-order valence-corrected chi connectivity index (χ0v) is 17.1. The molecule has 110 valence electrons. The normalized spacial score (nSPS) is 12.0. The van der Waals surface area contributed by atoms with Crippen molar-refractivity contribution >= 4 is 97.6 Å². The van der Waals surface area contributed by atoms with Crippen LogP contribution in [0.4, 0.5) is 0 Å². The van der Waals surface area contributed by atoms with Gasteiger partial charge in [0.1, 0.15) is 0 Å². The van der Waals surface area contributed by atoms with Crippen molar-refractivity contribution in [2.24, 2.45) is 5.41 Å². The minimum absolute atomic E-state index is 0.393. The second-order valence-electron chi connectivity index (χ2n) is 3.72. The molecule has 8 heteroatoms. The topological polar surface area (TPSA) is 0 Å². The van der Waals surface area contributed by atoms with Crippen LogP contribution in [0, 0.1) is 5.41 Å². The van der Waals surface area contributed by atoms with Crippen molar-refractivity contribution in [3.05, 3.63) is 0 Å². The molecule has 0 aliphatic carbocycles. The molecule has 18 heavy (non-hydrogen) atoms. The third-order valence-electron chi connectivity index (χ3n) is 2.37. The van der Waals surface area contributed by atoms with E-state index in [0.29, 0.717) is 5.41 Å². The molecule has 0 aromatic rings. The van der Waals surface area contributed by atoms with Crippen LogP contribution < -0.4 is 0 Å². The van der Waals surface area contributed by atoms with Crippen molar-refractivity contribution in [1.29, 1.82) is 0 Å². The number of rotatable bonds is 13. The first-order valence-corrected chi connectivity index (χ1v) is 12.6. The van der Waals surface area contributed by atoms with Crippen LogP contribution in [0.15, 0.2) is 0 Å². The van der Waals surface area contributed by atoms with Crippen LogP contribution in [0.25, 0.3) is 0 Å². The van der Waals surface area contributed by atoms with Crippen LogP contribution in [0.3, 0.4) is 0 Å². The van der Waals surface area contributed by atoms with Gasteiger partial charge in [0.25, 0.3) is 0 Å². The highest BCUT2D eigenvalue weighted by atomic mass is 32.2. The highest BCUT2D eigenvalue weighted by molar-refractivity contribution is 8.11. The lowest BCUT2D eigenvalue weighted by Gasteiger charge is -2.33. The van der Waals surface area contributed by atoms with E-state index >= 15 is 0 Å². The summed E-state index contributed by atoms with van der Waals surface area (Å²) in [6.07, 6.45) is 1.25. The molecule has 0 fully saturated rings. The molecule has 0 saturated carbocycles. The minimum atomic E-state index is 0.393. The Morgan fingerprint density at radius 1 is 0.611 bits per heavy atom. The maximum Gasteiger partial charge on any atom is 0.0362 e. The maximum atomic E-state index is 4.33. The van der Waals surface area contributed by atoms with E-state index in [0.717, 1.165) is 20.3 Å². The zero-order valence-electron chi connectivity index (χ0n) is 10.3. The predicted octanol–water partition coefficient (Wildman–Crippen LogP) is 4.84. The Morgan fingerprint density at radius 2 is 1.00 bits per heavy atom. The highest BCUT2D eigenvalue weighted by Crippen LogP contribution is 2.36. The molecule has 0 aliphatic rings. The lowest BCUT2D eigenvalue weighted by atomic mass is 9.92. The monoisotopic (exact) mass is 398 g/mol. The van der Waals surface area contributed by atoms with Crippen LogP contribution in [0.2, 0.25) is 0 Å². The Kier molecular flexibility index (Phi) is 17.0. The van der Waals surface area contributed by atoms with E-state index in [1.165, 1.54) is 29.4 Å². The van der Waals surface area contributed by atoms with E-state index in [9.17, 15) is 0 Å². The van der Waals surface area contributed by atoms with Crippen molar-refractivity contribution in [3.63, 3.8) is 0 Å². The van der Waals surface area contributed by atoms with Gasteiger partial charge in [0, 0.05) is 37.6 Å². The van der Waals surface area contributed by atoms with Gasteiger partial charge in [0.05, 0.1) is 0 Å². The van der Waals surface area contributed by atoms with Gasteiger partial charge in [-0.05, 0) is 17.6 Å². The summed E-state index contributed by atoms with van der Waals surface area (Å²) in [5.41, 5.74) is 0.393. The van der Waals surface area contributed by atoms with Gasteiger partial charge in [-0.3, -0.25) is 0 Å². The van der Waals surface area contributed by atoms with E-state index in [1.54, 1.807) is 0 Å². The van der Waals surface area contributed by atoms with Crippen LogP contribution >= 0.6 is 97.6 Å². The van der Waals surface area contributed by atoms with E-state index < -0.39 is 0 Å². The lowest BCUT2D eigenvalue weighted by molar-refractivity contribution is 0.433. The van der Waals surface area contributed by atoms with Gasteiger partial charge >= 0.3 is 0 Å². The van der Waals surface area contributed by atoms with Gasteiger partial charge in [-0.2, -0.15) is 97.6 Å². The summed E-state index contributed by atoms with van der Waals surface area (Å²) in [6.45, 7) is 0. The van der Waals surface area contributed by atoms with E-state index in [-0.39, 0.29) is 0 Å². The molecule has 0 nitrogen and oxygen atoms in total. The lowest BCUT2D eigenvalue weighted by Crippen LogP contribution is -2.31. The van der Waals surface area contributed by atoms with Gasteiger partial charge in [0.15, 0.2) is 0 Å². The number of hydrogen-bond donors (Lipinski definition) is 4. The van der Waals surface area contributed by atoms with Crippen LogP contribution in [0.1, 0.15) is 6.42 Å². The summed E-state index contributed by atoms with van der Waals surface area (Å²) in [5, 5.41) is 3.62. The second kappa shape index (κ2) is 14.7. The molecule has 0 atom stereocenters. The maximum absolute atomic E-state index is 4.33. The average molecular weight is 399 g/mol. The van der Waals surface area contributed by atoms with Crippen molar-refractivity contribution in [2.75, 3.05) is 43.4 Å². The molecule has 0 saturated heterocycles. The van der Waals surface area contributed by atoms with Gasteiger partial charge in [-0.15, -0.1) is 0 Å². The number of hydrogen-bond acceptors (Lipinski definition) is 8. The first kappa shape index (κ1) is 20.8. The van der Waals surface area contributed by atoms with Crippen LogP contribution in [-0.2, 0) is 0 Å². The Hall–Kier alpha value is 2.80. The van der Waals surface area contributed by atoms with Crippen molar-refractivity contribution in [3.8, 4) is 0 Å². The summed E-state index contributed by atoms with van der Waals surface area (Å²) in [4.78, 5) is 0. The molecule has 0 N–H and O–H groups in total. The van der Waals surface area contributed by atoms with Crippen LogP contribution in [0.5, 0.6) is 0 Å². The molecule has 0 radical (unpaired) electrons. The Morgan fingerprint density at radius 3 is 1.33 bits per heavy atom. The second-order valence-corrected chi connectivity index (χ2v) is 10.8. The largest absolute Gasteiger partial charge is 0.168 e. The van der Waals surface area contributed by atoms with Gasteiger partial charge in [-0.1, -0.05) is 0 Å². The van der Waals surface area contributed by atoms with Gasteiger partial charge in [-0.25, -0.2) is 0 Å². The smallest absolute Gasteiger partial charge is 0.0362 e. The highest BCUT2D eigenvalue weighted by Gasteiger charge is 2.29. The van der Waals surface area contributed by atoms with Crippen molar-refractivity contribution < 1.29 is 0 Å². The summed E-state index contributed by atoms with van der Waals surface area (Å²) < 4.78 is 0. The minimum Gasteiger partial charge on any atom is -0.168 e. The fourth-order valence-electron chi connectivity index (χ4n) is 1.48. The predicted molar refractivity (Wildman–Crippen MR) is 112 cm³/mol. The Bertz CT molecular complexity index is 155. The first-order valence-electron chi connectivity index (χ1n) is 5.49. The fourth-order valence-corrected chi connectivity index (χ4v) is 6.40. The number of thioether (sulfide) groups is 4. The Labute approximate surface area is 151 Å². The van der Waals surface area contributed by atoms with Crippen LogP contribution in [-0.4, -0.2) is 43.4 Å². The average Bonchev–Trinajstić information content (AvgIpc) is 2.40. The van der Waals surface area contributed by atoms with E-state index in [1.807, 2.05) is 47.0 Å². The Balaban J connectivity index is 4.41. The molecular weight excluding hydrogens is 377 g/mol. The third-order valence-corrected chi connectivity index (χ3v) is 8.23. The molecule has 0 unspecified atom stereocenters. The molecule has 0 heterocycles. The van der Waals surface area contributed by atoms with Crippen molar-refractivity contribution in [1.82, 2.24) is 0 Å². The van der Waals surface area contributed by atoms with E-state index in [2.05, 4.69) is 50.5 Å². The van der Waals surface area contributed by atoms with Crippen molar-refractivity contribution in [2.45, 2.75) is 6.42 Å². The quantitative estimate of drug-likeness (QED) is 0.199. The molecule has 0 amide bonds. The molecule has 0 spiro atoms. The summed E-state index contributed by atoms with van der Waals surface area (Å²) in [7, 11) is 0. The molecule has 0 aromatic heterocycles. The van der Waals surface area contributed by atoms with Gasteiger partial charge in [0.2, 0.25) is 0 Å². The van der Waals surface area contributed by atoms with E-state index in [4.69, 9.17) is 0 Å². The zero-order chi connectivity index (χ0) is 13.7. The number of thiol groups is 4. The standard InChI is InChI=1S/C10H22S8/c11-6-15-2-1-10(3-16-7-12,4-17-8-13)5-18-9-14/h11-14H,1-9H2. The first-order chi connectivity index (χ1) is 8.74. The summed E-state index contributed by atoms with van der Waals surface area (Å²) in [6, 6.07) is 0. The fraction of sp³-hybridized carbons (Fsp3) is 1.00. The molecule has 0 aliphatic heterocycles. The SMILES string of the molecule is SCSCCC(CSCS)(CSCS)CSCS. The molecule has 0 aromatic carbocycles. The molecular formula is C10H22S8. The molecule has 0 bridgehead atoms. The third kappa shape index (κ3) is 10.5. The summed E-state index contributed by atoms with van der Waals surface area (Å²) >= 11 is 25.0. The summed E-state index contributed by atoms with van der Waals surface area (Å²) in [5.74, 6) is 4.75. The molecule has 0 rings (SSSR count).